The summed E-state index contributed by atoms with van der Waals surface area (Å²) in [6.45, 7) is 15.8. The molecule has 2 aliphatic heterocycles. The van der Waals surface area contributed by atoms with Crippen molar-refractivity contribution in [3.8, 4) is 0 Å². The van der Waals surface area contributed by atoms with Crippen molar-refractivity contribution < 1.29 is 19.8 Å². The van der Waals surface area contributed by atoms with E-state index in [1.807, 2.05) is 45.9 Å². The Morgan fingerprint density at radius 3 is 1.91 bits per heavy atom. The Hall–Kier alpha value is -4.21. The van der Waals surface area contributed by atoms with Gasteiger partial charge < -0.3 is 29.8 Å². The van der Waals surface area contributed by atoms with E-state index >= 15 is 0 Å². The summed E-state index contributed by atoms with van der Waals surface area (Å²) >= 11 is 0. The molecular weight excluding hydrogens is 553 g/mol. The third-order valence-corrected chi connectivity index (χ3v) is 8.04. The van der Waals surface area contributed by atoms with E-state index in [0.717, 1.165) is 61.3 Å². The number of nitrogens with zero attached hydrogens (tertiary/aromatic N) is 4. The van der Waals surface area contributed by atoms with E-state index in [0.29, 0.717) is 28.1 Å². The zero-order valence-electron chi connectivity index (χ0n) is 24.8. The van der Waals surface area contributed by atoms with E-state index in [1.54, 1.807) is 18.2 Å². The summed E-state index contributed by atoms with van der Waals surface area (Å²) in [4.78, 5) is 42.4. The Balaban J connectivity index is 0.00000423. The molecule has 0 amide bonds. The first kappa shape index (κ1) is 31.7. The van der Waals surface area contributed by atoms with Gasteiger partial charge in [-0.1, -0.05) is 66.3 Å². The van der Waals surface area contributed by atoms with E-state index in [9.17, 15) is 19.8 Å². The molecule has 214 valence electrons. The Kier molecular flexibility index (Phi) is 9.27. The molecule has 8 nitrogen and oxygen atoms in total. The maximum absolute atomic E-state index is 11.4. The van der Waals surface area contributed by atoms with Crippen LogP contribution in [0.2, 0.25) is 0 Å². The molecule has 8 bridgehead atoms. The molecule has 2 aliphatic rings. The summed E-state index contributed by atoms with van der Waals surface area (Å²) < 4.78 is 0. The van der Waals surface area contributed by atoms with Crippen LogP contribution in [0.25, 0.3) is 50.4 Å². The van der Waals surface area contributed by atoms with Gasteiger partial charge in [0.05, 0.1) is 22.8 Å². The third kappa shape index (κ3) is 6.00. The van der Waals surface area contributed by atoms with Gasteiger partial charge in [0.2, 0.25) is 0 Å². The first-order valence-electron chi connectivity index (χ1n) is 13.7. The van der Waals surface area contributed by atoms with Crippen LogP contribution < -0.4 is 20.2 Å². The number of aryl methyl sites for hydroxylation is 3. The zero-order valence-corrected chi connectivity index (χ0v) is 26.2. The van der Waals surface area contributed by atoms with Crippen molar-refractivity contribution in [2.24, 2.45) is 0 Å². The van der Waals surface area contributed by atoms with Crippen LogP contribution in [-0.2, 0) is 16.0 Å². The number of allylic oxidation sites excluding steroid dienone is 5. The van der Waals surface area contributed by atoms with Crippen molar-refractivity contribution >= 4 is 85.4 Å². The monoisotopic (exact) mass is 582 g/mol. The van der Waals surface area contributed by atoms with Gasteiger partial charge in [0, 0.05) is 17.5 Å². The van der Waals surface area contributed by atoms with Gasteiger partial charge in [-0.3, -0.25) is 0 Å². The predicted molar refractivity (Wildman–Crippen MR) is 167 cm³/mol. The first-order chi connectivity index (χ1) is 20.0. The van der Waals surface area contributed by atoms with Gasteiger partial charge in [-0.2, -0.15) is 0 Å². The Morgan fingerprint density at radius 2 is 1.26 bits per heavy atom. The Bertz CT molecular complexity index is 1920. The molecule has 0 unspecified atom stereocenters. The Labute approximate surface area is 266 Å². The van der Waals surface area contributed by atoms with Crippen LogP contribution >= 0.6 is 0 Å². The summed E-state index contributed by atoms with van der Waals surface area (Å²) in [7, 11) is 0. The average Bonchev–Trinajstić information content (AvgIpc) is 3.59. The fourth-order valence-corrected chi connectivity index (χ4v) is 5.60. The van der Waals surface area contributed by atoms with Gasteiger partial charge in [-0.05, 0) is 75.7 Å². The van der Waals surface area contributed by atoms with Crippen LogP contribution in [0.3, 0.4) is 0 Å². The molecule has 0 saturated carbocycles. The average molecular weight is 583 g/mol. The molecule has 0 aromatic carbocycles. The number of fused-ring (bicyclic) bond motifs is 8. The summed E-state index contributed by atoms with van der Waals surface area (Å²) in [6.07, 6.45) is 3.65. The number of rotatable bonds is 8. The standard InChI is InChI=1S/C34H34N4O4.Mg/c1-7-21-17(3)25-13-26-19(5)23(9-11-33(39)40)31(37-26)16-32-24(10-12-34(41)42)20(6)28(38-32)15-30-22(8-2)18(4)27(36-30)14-29(21)35-25;/h7-8,13-16H,1-2,9-12H2,3-6H3,(H4,35,36,37,38,39,40,41,42);/q;+2/p-4. The van der Waals surface area contributed by atoms with Crippen LogP contribution in [0.1, 0.15) is 78.1 Å². The van der Waals surface area contributed by atoms with Crippen molar-refractivity contribution in [3.05, 3.63) is 88.5 Å². The van der Waals surface area contributed by atoms with Gasteiger partial charge in [-0.15, -0.1) is 22.1 Å². The second kappa shape index (κ2) is 12.6. The van der Waals surface area contributed by atoms with Crippen molar-refractivity contribution in [1.82, 2.24) is 19.9 Å². The number of aromatic nitrogens is 4. The van der Waals surface area contributed by atoms with Crippen LogP contribution in [0, 0.1) is 13.8 Å². The van der Waals surface area contributed by atoms with Gasteiger partial charge in [0.1, 0.15) is 0 Å². The smallest absolute Gasteiger partial charge is 0.657 e. The minimum absolute atomic E-state index is 0. The molecule has 0 atom stereocenters. The van der Waals surface area contributed by atoms with Crippen molar-refractivity contribution in [3.63, 3.8) is 0 Å². The van der Waals surface area contributed by atoms with Gasteiger partial charge in [-0.25, -0.2) is 9.97 Å². The second-order valence-electron chi connectivity index (χ2n) is 10.5. The first-order valence-corrected chi connectivity index (χ1v) is 13.7. The number of carboxylic acid groups (broad SMARTS) is 2. The molecule has 0 N–H and O–H groups in total. The van der Waals surface area contributed by atoms with Crippen LogP contribution in [-0.4, -0.2) is 45.0 Å². The van der Waals surface area contributed by atoms with Crippen molar-refractivity contribution in [2.45, 2.75) is 53.4 Å². The van der Waals surface area contributed by atoms with Gasteiger partial charge >= 0.3 is 23.1 Å². The molecule has 9 heteroatoms. The molecule has 0 radical (unpaired) electrons. The molecule has 43 heavy (non-hydrogen) atoms. The third-order valence-electron chi connectivity index (χ3n) is 8.04. The molecular formula is C34H30MgN4O4-2. The minimum Gasteiger partial charge on any atom is -0.657 e. The molecule has 3 aromatic rings. The zero-order chi connectivity index (χ0) is 30.3. The van der Waals surface area contributed by atoms with E-state index in [2.05, 4.69) is 13.2 Å². The number of carboxylic acids is 2. The SMILES string of the molecule is C=CC1=C(C)c2cc3[n-]c(cc4nc(cc5[n-]c(cc1n2)c(C)c5CCC(=O)[O-])C(CCC(=O)[O-])=C4C)c(C)c3C=C.[Mg+2]. The van der Waals surface area contributed by atoms with Crippen molar-refractivity contribution in [2.75, 3.05) is 0 Å². The van der Waals surface area contributed by atoms with Gasteiger partial charge in [0.15, 0.2) is 0 Å². The normalized spacial score (nSPS) is 12.7. The van der Waals surface area contributed by atoms with Crippen molar-refractivity contribution in [1.29, 1.82) is 0 Å². The quantitative estimate of drug-likeness (QED) is 0.367. The minimum atomic E-state index is -1.16. The fraction of sp³-hybridized carbons (Fsp3) is 0.235. The molecule has 0 aliphatic carbocycles. The molecule has 3 aromatic heterocycles. The van der Waals surface area contributed by atoms with E-state index in [1.165, 1.54) is 0 Å². The fourth-order valence-electron chi connectivity index (χ4n) is 5.60. The summed E-state index contributed by atoms with van der Waals surface area (Å²) in [5.74, 6) is -2.31. The summed E-state index contributed by atoms with van der Waals surface area (Å²) in [5, 5.41) is 22.8. The Morgan fingerprint density at radius 1 is 0.721 bits per heavy atom. The molecule has 0 saturated heterocycles. The largest absolute Gasteiger partial charge is 2.00 e. The number of hydrogen-bond acceptors (Lipinski definition) is 6. The molecule has 0 fully saturated rings. The second-order valence-corrected chi connectivity index (χ2v) is 10.5. The number of aliphatic carboxylic acids is 2. The van der Waals surface area contributed by atoms with Crippen LogP contribution in [0.4, 0.5) is 0 Å². The predicted octanol–water partition coefficient (Wildman–Crippen LogP) is 3.71. The summed E-state index contributed by atoms with van der Waals surface area (Å²) in [5.41, 5.74) is 12.2. The molecule has 0 spiro atoms. The van der Waals surface area contributed by atoms with Gasteiger partial charge in [0.25, 0.3) is 0 Å². The maximum atomic E-state index is 11.4. The number of carbonyl (C=O) groups is 2. The molecule has 5 heterocycles. The van der Waals surface area contributed by atoms with E-state index < -0.39 is 11.9 Å². The number of hydrogen-bond donors (Lipinski definition) is 0. The van der Waals surface area contributed by atoms with Crippen LogP contribution in [0.5, 0.6) is 0 Å². The van der Waals surface area contributed by atoms with Crippen LogP contribution in [0.15, 0.2) is 43.5 Å². The number of carbonyl (C=O) groups excluding carboxylic acids is 2. The van der Waals surface area contributed by atoms with E-state index in [4.69, 9.17) is 19.9 Å². The van der Waals surface area contributed by atoms with E-state index in [-0.39, 0.29) is 48.7 Å². The summed E-state index contributed by atoms with van der Waals surface area (Å²) in [6, 6.07) is 7.52. The maximum Gasteiger partial charge on any atom is 2.00 e. The molecule has 5 rings (SSSR count). The topological polar surface area (TPSA) is 134 Å².